The Balaban J connectivity index is 2.43. The molecule has 0 unspecified atom stereocenters. The molecular formula is C12H23NO2. The van der Waals surface area contributed by atoms with Gasteiger partial charge in [0.05, 0.1) is 7.11 Å². The van der Waals surface area contributed by atoms with E-state index < -0.39 is 5.54 Å². The van der Waals surface area contributed by atoms with Crippen molar-refractivity contribution in [3.63, 3.8) is 0 Å². The van der Waals surface area contributed by atoms with Gasteiger partial charge >= 0.3 is 5.97 Å². The molecule has 3 nitrogen and oxygen atoms in total. The molecule has 0 amide bonds. The lowest BCUT2D eigenvalue weighted by Gasteiger charge is -2.33. The molecule has 1 aliphatic carbocycles. The fourth-order valence-electron chi connectivity index (χ4n) is 2.23. The molecule has 88 valence electrons. The minimum atomic E-state index is -0.556. The average Bonchev–Trinajstić information content (AvgIpc) is 2.20. The van der Waals surface area contributed by atoms with E-state index in [1.807, 2.05) is 13.8 Å². The molecular weight excluding hydrogens is 190 g/mol. The van der Waals surface area contributed by atoms with Gasteiger partial charge in [0.25, 0.3) is 0 Å². The summed E-state index contributed by atoms with van der Waals surface area (Å²) in [5.41, 5.74) is -0.556. The number of nitrogens with one attached hydrogen (secondary N) is 1. The highest BCUT2D eigenvalue weighted by molar-refractivity contribution is 5.79. The Kier molecular flexibility index (Phi) is 4.14. The van der Waals surface area contributed by atoms with Gasteiger partial charge in [-0.2, -0.15) is 0 Å². The zero-order chi connectivity index (χ0) is 11.5. The minimum Gasteiger partial charge on any atom is -0.468 e. The van der Waals surface area contributed by atoms with Crippen LogP contribution in [0, 0.1) is 5.92 Å². The van der Waals surface area contributed by atoms with Crippen LogP contribution in [0.5, 0.6) is 0 Å². The molecule has 0 aromatic rings. The molecule has 0 saturated heterocycles. The van der Waals surface area contributed by atoms with E-state index in [2.05, 4.69) is 12.2 Å². The second-order valence-electron chi connectivity index (χ2n) is 5.22. The number of esters is 1. The van der Waals surface area contributed by atoms with Gasteiger partial charge in [-0.3, -0.25) is 10.1 Å². The van der Waals surface area contributed by atoms with Crippen LogP contribution in [0.4, 0.5) is 0 Å². The Morgan fingerprint density at radius 2 is 1.80 bits per heavy atom. The predicted octanol–water partition coefficient (Wildman–Crippen LogP) is 2.11. The molecule has 1 N–H and O–H groups in total. The van der Waals surface area contributed by atoms with Crippen molar-refractivity contribution in [2.45, 2.75) is 58.0 Å². The first-order valence-corrected chi connectivity index (χ1v) is 5.82. The number of carbonyl (C=O) groups is 1. The second kappa shape index (κ2) is 4.97. The summed E-state index contributed by atoms with van der Waals surface area (Å²) in [6, 6.07) is 0.468. The van der Waals surface area contributed by atoms with E-state index >= 15 is 0 Å². The third-order valence-electron chi connectivity index (χ3n) is 3.28. The van der Waals surface area contributed by atoms with E-state index in [0.29, 0.717) is 6.04 Å². The second-order valence-corrected chi connectivity index (χ2v) is 5.22. The highest BCUT2D eigenvalue weighted by atomic mass is 16.5. The minimum absolute atomic E-state index is 0.180. The van der Waals surface area contributed by atoms with E-state index in [1.165, 1.54) is 32.8 Å². The van der Waals surface area contributed by atoms with Crippen molar-refractivity contribution >= 4 is 5.97 Å². The van der Waals surface area contributed by atoms with Crippen LogP contribution in [-0.2, 0) is 9.53 Å². The molecule has 0 heterocycles. The largest absolute Gasteiger partial charge is 0.468 e. The summed E-state index contributed by atoms with van der Waals surface area (Å²) >= 11 is 0. The van der Waals surface area contributed by atoms with Gasteiger partial charge in [-0.05, 0) is 45.4 Å². The van der Waals surface area contributed by atoms with Crippen molar-refractivity contribution in [2.24, 2.45) is 5.92 Å². The number of methoxy groups -OCH3 is 1. The lowest BCUT2D eigenvalue weighted by molar-refractivity contribution is -0.147. The normalized spacial score (nSPS) is 27.5. The van der Waals surface area contributed by atoms with Crippen molar-refractivity contribution in [3.05, 3.63) is 0 Å². The summed E-state index contributed by atoms with van der Waals surface area (Å²) < 4.78 is 4.78. The predicted molar refractivity (Wildman–Crippen MR) is 60.7 cm³/mol. The number of hydrogen-bond donors (Lipinski definition) is 1. The van der Waals surface area contributed by atoms with E-state index in [1.54, 1.807) is 0 Å². The standard InChI is InChI=1S/C12H23NO2/c1-9-5-7-10(8-6-9)13-12(2,3)11(14)15-4/h9-10,13H,5-8H2,1-4H3. The quantitative estimate of drug-likeness (QED) is 0.730. The zero-order valence-corrected chi connectivity index (χ0v) is 10.3. The summed E-state index contributed by atoms with van der Waals surface area (Å²) in [6.07, 6.45) is 4.85. The number of ether oxygens (including phenoxy) is 1. The van der Waals surface area contributed by atoms with Crippen molar-refractivity contribution in [3.8, 4) is 0 Å². The number of hydrogen-bond acceptors (Lipinski definition) is 3. The molecule has 3 heteroatoms. The third kappa shape index (κ3) is 3.49. The van der Waals surface area contributed by atoms with Crippen LogP contribution in [0.25, 0.3) is 0 Å². The van der Waals surface area contributed by atoms with E-state index in [-0.39, 0.29) is 5.97 Å². The summed E-state index contributed by atoms with van der Waals surface area (Å²) in [5.74, 6) is 0.658. The van der Waals surface area contributed by atoms with Crippen LogP contribution in [-0.4, -0.2) is 24.7 Å². The molecule has 0 aromatic carbocycles. The highest BCUT2D eigenvalue weighted by Crippen LogP contribution is 2.25. The lowest BCUT2D eigenvalue weighted by Crippen LogP contribution is -2.52. The Morgan fingerprint density at radius 3 is 2.27 bits per heavy atom. The van der Waals surface area contributed by atoms with Gasteiger partial charge in [0.15, 0.2) is 0 Å². The molecule has 1 fully saturated rings. The van der Waals surface area contributed by atoms with Crippen LogP contribution >= 0.6 is 0 Å². The fraction of sp³-hybridized carbons (Fsp3) is 0.917. The smallest absolute Gasteiger partial charge is 0.325 e. The molecule has 0 aromatic heterocycles. The Morgan fingerprint density at radius 1 is 1.27 bits per heavy atom. The Labute approximate surface area is 92.6 Å². The van der Waals surface area contributed by atoms with Crippen molar-refractivity contribution in [1.82, 2.24) is 5.32 Å². The van der Waals surface area contributed by atoms with Crippen LogP contribution in [0.2, 0.25) is 0 Å². The maximum absolute atomic E-state index is 11.5. The van der Waals surface area contributed by atoms with Gasteiger partial charge in [0.2, 0.25) is 0 Å². The maximum atomic E-state index is 11.5. The molecule has 0 radical (unpaired) electrons. The molecule has 1 aliphatic rings. The topological polar surface area (TPSA) is 38.3 Å². The number of rotatable bonds is 3. The Bertz CT molecular complexity index is 218. The fourth-order valence-corrected chi connectivity index (χ4v) is 2.23. The summed E-state index contributed by atoms with van der Waals surface area (Å²) in [5, 5.41) is 3.39. The third-order valence-corrected chi connectivity index (χ3v) is 3.28. The maximum Gasteiger partial charge on any atom is 0.325 e. The van der Waals surface area contributed by atoms with Crippen molar-refractivity contribution in [2.75, 3.05) is 7.11 Å². The monoisotopic (exact) mass is 213 g/mol. The first kappa shape index (κ1) is 12.5. The van der Waals surface area contributed by atoms with Crippen LogP contribution in [0.1, 0.15) is 46.5 Å². The van der Waals surface area contributed by atoms with Gasteiger partial charge < -0.3 is 4.74 Å². The Hall–Kier alpha value is -0.570. The van der Waals surface area contributed by atoms with Gasteiger partial charge in [0, 0.05) is 6.04 Å². The van der Waals surface area contributed by atoms with E-state index in [4.69, 9.17) is 4.74 Å². The zero-order valence-electron chi connectivity index (χ0n) is 10.3. The highest BCUT2D eigenvalue weighted by Gasteiger charge is 2.32. The molecule has 15 heavy (non-hydrogen) atoms. The van der Waals surface area contributed by atoms with E-state index in [0.717, 1.165) is 5.92 Å². The van der Waals surface area contributed by atoms with Gasteiger partial charge in [-0.25, -0.2) is 0 Å². The van der Waals surface area contributed by atoms with Gasteiger partial charge in [-0.15, -0.1) is 0 Å². The van der Waals surface area contributed by atoms with Crippen molar-refractivity contribution in [1.29, 1.82) is 0 Å². The molecule has 0 bridgehead atoms. The average molecular weight is 213 g/mol. The molecule has 1 rings (SSSR count). The van der Waals surface area contributed by atoms with Gasteiger partial charge in [-0.1, -0.05) is 6.92 Å². The summed E-state index contributed by atoms with van der Waals surface area (Å²) in [7, 11) is 1.44. The van der Waals surface area contributed by atoms with Gasteiger partial charge in [0.1, 0.15) is 5.54 Å². The first-order valence-electron chi connectivity index (χ1n) is 5.82. The lowest BCUT2D eigenvalue weighted by atomic mass is 9.86. The first-order chi connectivity index (χ1) is 6.95. The van der Waals surface area contributed by atoms with Crippen LogP contribution in [0.15, 0.2) is 0 Å². The SMILES string of the molecule is COC(=O)C(C)(C)NC1CCC(C)CC1. The summed E-state index contributed by atoms with van der Waals surface area (Å²) in [4.78, 5) is 11.5. The number of carbonyl (C=O) groups excluding carboxylic acids is 1. The molecule has 0 aliphatic heterocycles. The van der Waals surface area contributed by atoms with Crippen molar-refractivity contribution < 1.29 is 9.53 Å². The molecule has 0 atom stereocenters. The summed E-state index contributed by atoms with van der Waals surface area (Å²) in [6.45, 7) is 6.06. The van der Waals surface area contributed by atoms with Crippen LogP contribution < -0.4 is 5.32 Å². The van der Waals surface area contributed by atoms with Crippen LogP contribution in [0.3, 0.4) is 0 Å². The molecule has 1 saturated carbocycles. The molecule has 0 spiro atoms. The van der Waals surface area contributed by atoms with E-state index in [9.17, 15) is 4.79 Å².